The minimum atomic E-state index is -0.406. The summed E-state index contributed by atoms with van der Waals surface area (Å²) in [6, 6.07) is 11.0. The average molecular weight is 268 g/mol. The van der Waals surface area contributed by atoms with Crippen molar-refractivity contribution < 1.29 is 5.11 Å². The van der Waals surface area contributed by atoms with Gasteiger partial charge in [-0.1, -0.05) is 50.3 Å². The summed E-state index contributed by atoms with van der Waals surface area (Å²) in [4.78, 5) is 0. The molecule has 0 heterocycles. The van der Waals surface area contributed by atoms with E-state index in [1.165, 1.54) is 27.8 Å². The summed E-state index contributed by atoms with van der Waals surface area (Å²) in [6.45, 7) is 10.4. The first kappa shape index (κ1) is 14.8. The Labute approximate surface area is 122 Å². The maximum atomic E-state index is 9.70. The predicted octanol–water partition coefficient (Wildman–Crippen LogP) is 5.01. The molecule has 1 atom stereocenters. The molecule has 0 aliphatic heterocycles. The number of fused-ring (bicyclic) bond motifs is 1. The van der Waals surface area contributed by atoms with Gasteiger partial charge in [0.25, 0.3) is 0 Å². The van der Waals surface area contributed by atoms with Crippen LogP contribution in [0, 0.1) is 6.92 Å². The van der Waals surface area contributed by atoms with Crippen LogP contribution in [0.5, 0.6) is 0 Å². The van der Waals surface area contributed by atoms with Gasteiger partial charge in [-0.15, -0.1) is 0 Å². The van der Waals surface area contributed by atoms with Crippen molar-refractivity contribution in [2.24, 2.45) is 0 Å². The Morgan fingerprint density at radius 1 is 1.05 bits per heavy atom. The van der Waals surface area contributed by atoms with Gasteiger partial charge < -0.3 is 5.11 Å². The molecule has 1 heteroatoms. The second kappa shape index (κ2) is 5.80. The first-order valence-corrected chi connectivity index (χ1v) is 7.29. The lowest BCUT2D eigenvalue weighted by molar-refractivity contribution is 0.232. The van der Waals surface area contributed by atoms with Gasteiger partial charge in [-0.25, -0.2) is 0 Å². The molecule has 0 amide bonds. The Hall–Kier alpha value is -1.60. The maximum absolute atomic E-state index is 9.70. The zero-order chi connectivity index (χ0) is 14.9. The molecule has 0 spiro atoms. The van der Waals surface area contributed by atoms with E-state index in [1.54, 1.807) is 0 Å². The molecule has 2 rings (SSSR count). The van der Waals surface area contributed by atoms with Crippen LogP contribution < -0.4 is 0 Å². The molecule has 0 saturated heterocycles. The Morgan fingerprint density at radius 3 is 2.35 bits per heavy atom. The van der Waals surface area contributed by atoms with Crippen molar-refractivity contribution in [1.82, 2.24) is 0 Å². The largest absolute Gasteiger partial charge is 0.389 e. The fourth-order valence-corrected chi connectivity index (χ4v) is 2.39. The van der Waals surface area contributed by atoms with E-state index in [-0.39, 0.29) is 0 Å². The molecule has 0 aromatic rings. The van der Waals surface area contributed by atoms with Crippen molar-refractivity contribution in [2.45, 2.75) is 46.6 Å². The fraction of sp³-hybridized carbons (Fsp3) is 0.368. The van der Waals surface area contributed by atoms with Crippen LogP contribution in [0.3, 0.4) is 0 Å². The summed E-state index contributed by atoms with van der Waals surface area (Å²) in [5.74, 6) is 0.509. The second-order valence-electron chi connectivity index (χ2n) is 6.00. The highest BCUT2D eigenvalue weighted by atomic mass is 16.3. The van der Waals surface area contributed by atoms with Gasteiger partial charge in [0.15, 0.2) is 0 Å². The van der Waals surface area contributed by atoms with Gasteiger partial charge in [-0.3, -0.25) is 0 Å². The number of hydrogen-bond donors (Lipinski definition) is 1. The SMILES string of the molecule is C/C(=C/c1ccc(C(C)C)cc2c(C)ccc1-2)C(C)O. The van der Waals surface area contributed by atoms with Gasteiger partial charge >= 0.3 is 0 Å². The van der Waals surface area contributed by atoms with E-state index in [1.807, 2.05) is 13.8 Å². The van der Waals surface area contributed by atoms with Crippen LogP contribution in [0.25, 0.3) is 17.2 Å². The standard InChI is InChI=1S/C19H24O/c1-12(2)16-7-8-17(10-14(4)15(5)20)18-9-6-13(3)19(18)11-16/h6-12,15,20H,1-5H3/b14-10-. The first-order valence-electron chi connectivity index (χ1n) is 7.29. The lowest BCUT2D eigenvalue weighted by atomic mass is 10.0. The topological polar surface area (TPSA) is 20.2 Å². The minimum Gasteiger partial charge on any atom is -0.389 e. The van der Waals surface area contributed by atoms with Crippen LogP contribution in [0.1, 0.15) is 50.3 Å². The second-order valence-corrected chi connectivity index (χ2v) is 6.00. The normalized spacial score (nSPS) is 14.1. The summed E-state index contributed by atoms with van der Waals surface area (Å²) < 4.78 is 0. The third kappa shape index (κ3) is 2.94. The first-order chi connectivity index (χ1) is 9.40. The summed E-state index contributed by atoms with van der Waals surface area (Å²) >= 11 is 0. The number of aliphatic hydroxyl groups excluding tert-OH is 1. The highest BCUT2D eigenvalue weighted by Gasteiger charge is 2.11. The van der Waals surface area contributed by atoms with Crippen LogP contribution in [0.15, 0.2) is 35.9 Å². The molecule has 106 valence electrons. The highest BCUT2D eigenvalue weighted by Crippen LogP contribution is 2.33. The van der Waals surface area contributed by atoms with E-state index >= 15 is 0 Å². The smallest absolute Gasteiger partial charge is 0.0722 e. The summed E-state index contributed by atoms with van der Waals surface area (Å²) in [5.41, 5.74) is 7.39. The molecule has 1 N–H and O–H groups in total. The van der Waals surface area contributed by atoms with Crippen molar-refractivity contribution in [3.8, 4) is 11.1 Å². The van der Waals surface area contributed by atoms with Crippen LogP contribution in [-0.4, -0.2) is 11.2 Å². The molecular weight excluding hydrogens is 244 g/mol. The number of rotatable bonds is 3. The molecule has 0 fully saturated rings. The van der Waals surface area contributed by atoms with Crippen molar-refractivity contribution in [3.05, 3.63) is 52.6 Å². The molecule has 0 aromatic carbocycles. The highest BCUT2D eigenvalue weighted by molar-refractivity contribution is 5.80. The predicted molar refractivity (Wildman–Crippen MR) is 87.2 cm³/mol. The Kier molecular flexibility index (Phi) is 4.29. The van der Waals surface area contributed by atoms with Crippen LogP contribution >= 0.6 is 0 Å². The lowest BCUT2D eigenvalue weighted by Gasteiger charge is -2.06. The molecular formula is C19H24O. The number of hydrogen-bond acceptors (Lipinski definition) is 1. The Morgan fingerprint density at radius 2 is 1.75 bits per heavy atom. The monoisotopic (exact) mass is 268 g/mol. The third-order valence-electron chi connectivity index (χ3n) is 4.00. The van der Waals surface area contributed by atoms with Crippen molar-refractivity contribution in [1.29, 1.82) is 0 Å². The van der Waals surface area contributed by atoms with E-state index in [0.717, 1.165) is 5.57 Å². The van der Waals surface area contributed by atoms with Gasteiger partial charge in [-0.05, 0) is 60.1 Å². The molecule has 0 bridgehead atoms. The third-order valence-corrected chi connectivity index (χ3v) is 4.00. The van der Waals surface area contributed by atoms with Crippen LogP contribution in [-0.2, 0) is 0 Å². The van der Waals surface area contributed by atoms with Gasteiger partial charge in [0.1, 0.15) is 0 Å². The fourth-order valence-electron chi connectivity index (χ4n) is 2.39. The molecule has 2 aliphatic carbocycles. The molecule has 0 saturated carbocycles. The molecule has 1 unspecified atom stereocenters. The molecule has 0 radical (unpaired) electrons. The van der Waals surface area contributed by atoms with Gasteiger partial charge in [0, 0.05) is 0 Å². The van der Waals surface area contributed by atoms with E-state index in [0.29, 0.717) is 5.92 Å². The summed E-state index contributed by atoms with van der Waals surface area (Å²) in [6.07, 6.45) is 1.69. The molecule has 0 aromatic heterocycles. The number of aliphatic hydroxyl groups is 1. The minimum absolute atomic E-state index is 0.406. The van der Waals surface area contributed by atoms with Gasteiger partial charge in [-0.2, -0.15) is 0 Å². The Balaban J connectivity index is 2.64. The van der Waals surface area contributed by atoms with Crippen molar-refractivity contribution in [2.75, 3.05) is 0 Å². The average Bonchev–Trinajstić information content (AvgIpc) is 2.63. The van der Waals surface area contributed by atoms with E-state index in [2.05, 4.69) is 57.2 Å². The zero-order valence-corrected chi connectivity index (χ0v) is 13.1. The van der Waals surface area contributed by atoms with Gasteiger partial charge in [0.05, 0.1) is 6.10 Å². The van der Waals surface area contributed by atoms with Crippen molar-refractivity contribution >= 4 is 6.08 Å². The molecule has 20 heavy (non-hydrogen) atoms. The number of aryl methyl sites for hydroxylation is 1. The van der Waals surface area contributed by atoms with Crippen molar-refractivity contribution in [3.63, 3.8) is 0 Å². The zero-order valence-electron chi connectivity index (χ0n) is 13.1. The lowest BCUT2D eigenvalue weighted by Crippen LogP contribution is -2.00. The summed E-state index contributed by atoms with van der Waals surface area (Å²) in [5, 5.41) is 9.70. The van der Waals surface area contributed by atoms with Crippen LogP contribution in [0.2, 0.25) is 0 Å². The Bertz CT molecular complexity index is 605. The quantitative estimate of drug-likeness (QED) is 0.830. The maximum Gasteiger partial charge on any atom is 0.0722 e. The van der Waals surface area contributed by atoms with E-state index in [9.17, 15) is 5.11 Å². The van der Waals surface area contributed by atoms with Crippen LogP contribution in [0.4, 0.5) is 0 Å². The molecule has 1 nitrogen and oxygen atoms in total. The van der Waals surface area contributed by atoms with E-state index in [4.69, 9.17) is 0 Å². The summed E-state index contributed by atoms with van der Waals surface area (Å²) in [7, 11) is 0. The molecule has 2 aliphatic rings. The van der Waals surface area contributed by atoms with Gasteiger partial charge in [0.2, 0.25) is 0 Å². The van der Waals surface area contributed by atoms with E-state index < -0.39 is 6.10 Å².